The molecule has 0 saturated carbocycles. The van der Waals surface area contributed by atoms with Crippen molar-refractivity contribution < 1.29 is 14.7 Å². The Hall–Kier alpha value is -0.210. The zero-order valence-corrected chi connectivity index (χ0v) is 7.25. The van der Waals surface area contributed by atoms with E-state index in [0.717, 1.165) is 0 Å². The molecule has 0 aliphatic carbocycles. The lowest BCUT2D eigenvalue weighted by atomic mass is 10.8. The Morgan fingerprint density at radius 3 is 1.00 bits per heavy atom. The van der Waals surface area contributed by atoms with Gasteiger partial charge in [0.05, 0.1) is 0 Å². The first-order valence-corrected chi connectivity index (χ1v) is 3.77. The molecule has 0 aromatic carbocycles. The largest absolute Gasteiger partial charge is 0.328 e. The van der Waals surface area contributed by atoms with Crippen LogP contribution in [0.25, 0.3) is 0 Å². The third-order valence-corrected chi connectivity index (χ3v) is 0. The van der Waals surface area contributed by atoms with Gasteiger partial charge in [0.15, 0.2) is 0 Å². The normalized spacial score (nSPS) is 6.20. The average Bonchev–Trinajstić information content (AvgIpc) is 1.65. The summed E-state index contributed by atoms with van der Waals surface area (Å²) >= 11 is 0. The molecule has 4 heteroatoms. The first kappa shape index (κ1) is 16.4. The highest BCUT2D eigenvalue weighted by Crippen LogP contribution is 2.11. The molecule has 0 heterocycles. The standard InChI is InChI=1S/2C3H6.H3O3P/c2*1-3-2;1-4(2)3/h2*3H,1H2,2H3;1-3H. The minimum absolute atomic E-state index is 1.75. The zero-order chi connectivity index (χ0) is 8.99. The second-order valence-corrected chi connectivity index (χ2v) is 1.62. The van der Waals surface area contributed by atoms with Gasteiger partial charge in [-0.25, -0.2) is 0 Å². The van der Waals surface area contributed by atoms with Gasteiger partial charge in [-0.05, 0) is 13.8 Å². The molecule has 0 aliphatic heterocycles. The first-order chi connectivity index (χ1) is 4.56. The van der Waals surface area contributed by atoms with Crippen molar-refractivity contribution in [3.8, 4) is 0 Å². The summed E-state index contributed by atoms with van der Waals surface area (Å²) in [6, 6.07) is 0. The monoisotopic (exact) mass is 166 g/mol. The van der Waals surface area contributed by atoms with E-state index in [4.69, 9.17) is 14.7 Å². The Bertz CT molecular complexity index is 55.3. The van der Waals surface area contributed by atoms with Gasteiger partial charge in [-0.3, -0.25) is 0 Å². The summed E-state index contributed by atoms with van der Waals surface area (Å²) in [6.45, 7) is 10.5. The van der Waals surface area contributed by atoms with Gasteiger partial charge in [0, 0.05) is 0 Å². The van der Waals surface area contributed by atoms with Crippen molar-refractivity contribution in [1.29, 1.82) is 0 Å². The summed E-state index contributed by atoms with van der Waals surface area (Å²) in [5, 5.41) is 0. The molecule has 0 bridgehead atoms. The van der Waals surface area contributed by atoms with Crippen molar-refractivity contribution in [2.45, 2.75) is 13.8 Å². The number of rotatable bonds is 0. The summed E-state index contributed by atoms with van der Waals surface area (Å²) in [7, 11) is -2.62. The van der Waals surface area contributed by atoms with Gasteiger partial charge < -0.3 is 14.7 Å². The smallest absolute Gasteiger partial charge is 0.324 e. The molecule has 0 saturated heterocycles. The summed E-state index contributed by atoms with van der Waals surface area (Å²) in [6.07, 6.45) is 3.50. The molecule has 0 aromatic heterocycles. The Morgan fingerprint density at radius 1 is 1.00 bits per heavy atom. The van der Waals surface area contributed by atoms with Crippen LogP contribution in [0.3, 0.4) is 0 Å². The molecule has 0 fully saturated rings. The van der Waals surface area contributed by atoms with E-state index in [0.29, 0.717) is 0 Å². The Labute approximate surface area is 63.3 Å². The van der Waals surface area contributed by atoms with E-state index in [1.165, 1.54) is 0 Å². The first-order valence-electron chi connectivity index (χ1n) is 2.57. The molecule has 0 unspecified atom stereocenters. The third-order valence-electron chi connectivity index (χ3n) is 0. The number of hydrogen-bond acceptors (Lipinski definition) is 3. The summed E-state index contributed by atoms with van der Waals surface area (Å²) in [5.74, 6) is 0. The predicted octanol–water partition coefficient (Wildman–Crippen LogP) is 1.57. The maximum atomic E-state index is 7.23. The highest BCUT2D eigenvalue weighted by molar-refractivity contribution is 7.38. The van der Waals surface area contributed by atoms with Crippen LogP contribution in [0.4, 0.5) is 0 Å². The summed E-state index contributed by atoms with van der Waals surface area (Å²) < 4.78 is 0. The molecular weight excluding hydrogens is 151 g/mol. The van der Waals surface area contributed by atoms with Crippen molar-refractivity contribution in [2.24, 2.45) is 0 Å². The number of allylic oxidation sites excluding steroid dienone is 2. The predicted molar refractivity (Wildman–Crippen MR) is 45.3 cm³/mol. The highest BCUT2D eigenvalue weighted by atomic mass is 31.2. The third kappa shape index (κ3) is 8140. The molecule has 0 spiro atoms. The van der Waals surface area contributed by atoms with Crippen molar-refractivity contribution in [3.63, 3.8) is 0 Å². The van der Waals surface area contributed by atoms with E-state index in [1.54, 1.807) is 12.2 Å². The number of hydrogen-bond donors (Lipinski definition) is 3. The van der Waals surface area contributed by atoms with Crippen LogP contribution in [0.5, 0.6) is 0 Å². The lowest BCUT2D eigenvalue weighted by Crippen LogP contribution is -1.54. The molecule has 10 heavy (non-hydrogen) atoms. The van der Waals surface area contributed by atoms with Gasteiger partial charge in [-0.15, -0.1) is 13.2 Å². The summed E-state index contributed by atoms with van der Waals surface area (Å²) in [5.41, 5.74) is 0. The van der Waals surface area contributed by atoms with Crippen molar-refractivity contribution >= 4 is 8.60 Å². The SMILES string of the molecule is C=CC.C=CC.OP(O)O. The van der Waals surface area contributed by atoms with Crippen LogP contribution in [0.15, 0.2) is 25.3 Å². The Balaban J connectivity index is -0.0000000750. The van der Waals surface area contributed by atoms with Crippen LogP contribution < -0.4 is 0 Å². The molecule has 62 valence electrons. The van der Waals surface area contributed by atoms with Crippen molar-refractivity contribution in [3.05, 3.63) is 25.3 Å². The average molecular weight is 166 g/mol. The highest BCUT2D eigenvalue weighted by Gasteiger charge is 1.76. The van der Waals surface area contributed by atoms with Gasteiger partial charge in [0.1, 0.15) is 0 Å². The molecule has 0 radical (unpaired) electrons. The van der Waals surface area contributed by atoms with Crippen LogP contribution in [0.2, 0.25) is 0 Å². The Kier molecular flexibility index (Phi) is 38.1. The maximum absolute atomic E-state index is 7.23. The minimum Gasteiger partial charge on any atom is -0.328 e. The molecule has 0 aromatic rings. The molecule has 0 aliphatic rings. The second kappa shape index (κ2) is 23.2. The maximum Gasteiger partial charge on any atom is 0.324 e. The van der Waals surface area contributed by atoms with E-state index < -0.39 is 8.60 Å². The van der Waals surface area contributed by atoms with E-state index in [9.17, 15) is 0 Å². The molecule has 3 nitrogen and oxygen atoms in total. The topological polar surface area (TPSA) is 60.7 Å². The van der Waals surface area contributed by atoms with E-state index in [1.807, 2.05) is 13.8 Å². The molecule has 0 rings (SSSR count). The van der Waals surface area contributed by atoms with Crippen molar-refractivity contribution in [2.75, 3.05) is 0 Å². The fourth-order valence-corrected chi connectivity index (χ4v) is 0. The lowest BCUT2D eigenvalue weighted by molar-refractivity contribution is 0.368. The van der Waals surface area contributed by atoms with Gasteiger partial charge >= 0.3 is 8.60 Å². The lowest BCUT2D eigenvalue weighted by Gasteiger charge is -1.76. The van der Waals surface area contributed by atoms with Crippen LogP contribution in [-0.2, 0) is 0 Å². The van der Waals surface area contributed by atoms with E-state index >= 15 is 0 Å². The molecule has 0 amide bonds. The van der Waals surface area contributed by atoms with Crippen LogP contribution in [-0.4, -0.2) is 14.7 Å². The van der Waals surface area contributed by atoms with Crippen LogP contribution in [0.1, 0.15) is 13.8 Å². The quantitative estimate of drug-likeness (QED) is 0.378. The fraction of sp³-hybridized carbons (Fsp3) is 0.333. The van der Waals surface area contributed by atoms with Gasteiger partial charge in [0.25, 0.3) is 0 Å². The van der Waals surface area contributed by atoms with E-state index in [-0.39, 0.29) is 0 Å². The van der Waals surface area contributed by atoms with Crippen LogP contribution in [0, 0.1) is 0 Å². The summed E-state index contributed by atoms with van der Waals surface area (Å²) in [4.78, 5) is 21.7. The van der Waals surface area contributed by atoms with Gasteiger partial charge in [-0.1, -0.05) is 12.2 Å². The van der Waals surface area contributed by atoms with Gasteiger partial charge in [-0.2, -0.15) is 0 Å². The van der Waals surface area contributed by atoms with Gasteiger partial charge in [0.2, 0.25) is 0 Å². The molecule has 3 N–H and O–H groups in total. The molecular formula is C6H15O3P. The minimum atomic E-state index is -2.62. The van der Waals surface area contributed by atoms with E-state index in [2.05, 4.69) is 13.2 Å². The van der Waals surface area contributed by atoms with Crippen molar-refractivity contribution in [1.82, 2.24) is 0 Å². The fourth-order valence-electron chi connectivity index (χ4n) is 0. The van der Waals surface area contributed by atoms with Crippen LogP contribution >= 0.6 is 8.60 Å². The molecule has 0 atom stereocenters. The zero-order valence-electron chi connectivity index (χ0n) is 6.36. The Morgan fingerprint density at radius 2 is 1.00 bits per heavy atom. The second-order valence-electron chi connectivity index (χ2n) is 1.08.